The maximum atomic E-state index is 11.2. The molecule has 0 spiro atoms. The average molecular weight is 482 g/mol. The van der Waals surface area contributed by atoms with E-state index in [1.54, 1.807) is 12.1 Å². The van der Waals surface area contributed by atoms with E-state index in [2.05, 4.69) is 29.5 Å². The number of benzene rings is 1. The van der Waals surface area contributed by atoms with Gasteiger partial charge in [0, 0.05) is 19.6 Å². The third-order valence-electron chi connectivity index (χ3n) is 3.96. The lowest BCUT2D eigenvalue weighted by molar-refractivity contribution is 0.504. The zero-order chi connectivity index (χ0) is 18.0. The summed E-state index contributed by atoms with van der Waals surface area (Å²) in [7, 11) is -3.63. The first-order valence-electron chi connectivity index (χ1n) is 8.54. The van der Waals surface area contributed by atoms with Gasteiger partial charge in [0.15, 0.2) is 5.96 Å². The normalized spacial score (nSPS) is 12.0. The molecule has 0 aliphatic heterocycles. The molecule has 0 unspecified atom stereocenters. The number of guanidine groups is 1. The molecule has 0 saturated heterocycles. The van der Waals surface area contributed by atoms with Crippen LogP contribution in [-0.2, 0) is 16.4 Å². The van der Waals surface area contributed by atoms with Crippen molar-refractivity contribution in [3.8, 4) is 0 Å². The molecule has 6 nitrogen and oxygen atoms in total. The second-order valence-corrected chi connectivity index (χ2v) is 7.33. The van der Waals surface area contributed by atoms with E-state index in [0.29, 0.717) is 5.92 Å². The summed E-state index contributed by atoms with van der Waals surface area (Å²) in [5.74, 6) is 1.44. The van der Waals surface area contributed by atoms with Crippen LogP contribution in [0.2, 0.25) is 0 Å². The van der Waals surface area contributed by atoms with Gasteiger partial charge in [-0.25, -0.2) is 13.6 Å². The summed E-state index contributed by atoms with van der Waals surface area (Å²) in [4.78, 5) is 4.77. The topological polar surface area (TPSA) is 96.6 Å². The van der Waals surface area contributed by atoms with E-state index in [4.69, 9.17) is 5.14 Å². The highest BCUT2D eigenvalue weighted by molar-refractivity contribution is 14.0. The van der Waals surface area contributed by atoms with Crippen molar-refractivity contribution in [2.75, 3.05) is 19.6 Å². The largest absolute Gasteiger partial charge is 0.357 e. The molecule has 0 fully saturated rings. The minimum atomic E-state index is -3.63. The van der Waals surface area contributed by atoms with Gasteiger partial charge in [0.2, 0.25) is 10.0 Å². The van der Waals surface area contributed by atoms with Crippen LogP contribution >= 0.6 is 24.0 Å². The molecule has 0 aromatic heterocycles. The number of rotatable bonds is 9. The van der Waals surface area contributed by atoms with Crippen LogP contribution in [-0.4, -0.2) is 34.0 Å². The van der Waals surface area contributed by atoms with E-state index in [9.17, 15) is 8.42 Å². The lowest BCUT2D eigenvalue weighted by Crippen LogP contribution is -2.38. The first-order valence-corrected chi connectivity index (χ1v) is 10.1. The first kappa shape index (κ1) is 24.1. The van der Waals surface area contributed by atoms with E-state index < -0.39 is 10.0 Å². The van der Waals surface area contributed by atoms with Gasteiger partial charge in [-0.1, -0.05) is 38.8 Å². The predicted octanol–water partition coefficient (Wildman–Crippen LogP) is 2.49. The summed E-state index contributed by atoms with van der Waals surface area (Å²) in [6.07, 6.45) is 3.05. The van der Waals surface area contributed by atoms with Crippen molar-refractivity contribution in [1.82, 2.24) is 10.6 Å². The summed E-state index contributed by atoms with van der Waals surface area (Å²) in [6, 6.07) is 6.65. The van der Waals surface area contributed by atoms with Crippen molar-refractivity contribution in [1.29, 1.82) is 0 Å². The first-order chi connectivity index (χ1) is 11.4. The Bertz CT molecular complexity index is 614. The third-order valence-corrected chi connectivity index (χ3v) is 4.89. The maximum Gasteiger partial charge on any atom is 0.238 e. The van der Waals surface area contributed by atoms with Crippen molar-refractivity contribution in [3.05, 3.63) is 29.8 Å². The lowest BCUT2D eigenvalue weighted by atomic mass is 10.0. The van der Waals surface area contributed by atoms with Crippen LogP contribution < -0.4 is 15.8 Å². The van der Waals surface area contributed by atoms with Gasteiger partial charge >= 0.3 is 0 Å². The highest BCUT2D eigenvalue weighted by Crippen LogP contribution is 2.09. The molecule has 0 saturated carbocycles. The number of nitrogens with zero attached hydrogens (tertiary/aromatic N) is 1. The molecule has 0 heterocycles. The van der Waals surface area contributed by atoms with E-state index in [-0.39, 0.29) is 28.9 Å². The van der Waals surface area contributed by atoms with Crippen LogP contribution in [0.4, 0.5) is 0 Å². The van der Waals surface area contributed by atoms with Gasteiger partial charge in [0.25, 0.3) is 0 Å². The Morgan fingerprint density at radius 2 is 1.72 bits per heavy atom. The van der Waals surface area contributed by atoms with Crippen LogP contribution in [0.1, 0.15) is 39.2 Å². The van der Waals surface area contributed by atoms with Crippen molar-refractivity contribution >= 4 is 40.0 Å². The Kier molecular flexibility index (Phi) is 12.0. The molecule has 1 aromatic carbocycles. The van der Waals surface area contributed by atoms with Gasteiger partial charge in [-0.15, -0.1) is 24.0 Å². The molecule has 0 radical (unpaired) electrons. The molecule has 144 valence electrons. The fourth-order valence-corrected chi connectivity index (χ4v) is 2.80. The molecule has 1 aromatic rings. The molecule has 25 heavy (non-hydrogen) atoms. The van der Waals surface area contributed by atoms with Crippen LogP contribution in [0.5, 0.6) is 0 Å². The van der Waals surface area contributed by atoms with Gasteiger partial charge in [-0.3, -0.25) is 4.99 Å². The third kappa shape index (κ3) is 9.41. The van der Waals surface area contributed by atoms with Gasteiger partial charge in [0.1, 0.15) is 0 Å². The van der Waals surface area contributed by atoms with Crippen molar-refractivity contribution < 1.29 is 8.42 Å². The summed E-state index contributed by atoms with van der Waals surface area (Å²) in [5, 5.41) is 11.7. The lowest BCUT2D eigenvalue weighted by Gasteiger charge is -2.14. The van der Waals surface area contributed by atoms with Crippen molar-refractivity contribution in [3.63, 3.8) is 0 Å². The molecular weight excluding hydrogens is 451 g/mol. The van der Waals surface area contributed by atoms with Crippen LogP contribution in [0.15, 0.2) is 34.2 Å². The molecule has 8 heteroatoms. The van der Waals surface area contributed by atoms with E-state index in [0.717, 1.165) is 50.4 Å². The minimum Gasteiger partial charge on any atom is -0.357 e. The Balaban J connectivity index is 0.00000576. The number of hydrogen-bond acceptors (Lipinski definition) is 3. The summed E-state index contributed by atoms with van der Waals surface area (Å²) >= 11 is 0. The van der Waals surface area contributed by atoms with Crippen molar-refractivity contribution in [2.45, 2.75) is 44.9 Å². The SMILES string of the molecule is CCNC(=NCC(CC)CC)NCCc1ccc(S(N)(=O)=O)cc1.I. The summed E-state index contributed by atoms with van der Waals surface area (Å²) in [5.41, 5.74) is 1.05. The standard InChI is InChI=1S/C17H30N4O2S.HI/c1-4-14(5-2)13-21-17(19-6-3)20-12-11-15-7-9-16(10-8-15)24(18,22)23;/h7-10,14H,4-6,11-13H2,1-3H3,(H2,18,22,23)(H2,19,20,21);1H. The molecule has 0 bridgehead atoms. The van der Waals surface area contributed by atoms with E-state index in [1.165, 1.54) is 12.1 Å². The Hall–Kier alpha value is -0.870. The van der Waals surface area contributed by atoms with Gasteiger partial charge in [-0.2, -0.15) is 0 Å². The molecular formula is C17H31IN4O2S. The zero-order valence-corrected chi connectivity index (χ0v) is 18.4. The minimum absolute atomic E-state index is 0. The average Bonchev–Trinajstić information content (AvgIpc) is 2.55. The molecule has 4 N–H and O–H groups in total. The van der Waals surface area contributed by atoms with E-state index in [1.807, 2.05) is 6.92 Å². The second kappa shape index (κ2) is 12.5. The van der Waals surface area contributed by atoms with E-state index >= 15 is 0 Å². The van der Waals surface area contributed by atoms with Crippen LogP contribution in [0.25, 0.3) is 0 Å². The quantitative estimate of drug-likeness (QED) is 0.286. The van der Waals surface area contributed by atoms with Crippen molar-refractivity contribution in [2.24, 2.45) is 16.0 Å². The number of nitrogens with one attached hydrogen (secondary N) is 2. The molecule has 0 amide bonds. The number of nitrogens with two attached hydrogens (primary N) is 1. The predicted molar refractivity (Wildman–Crippen MR) is 115 cm³/mol. The summed E-state index contributed by atoms with van der Waals surface area (Å²) in [6.45, 7) is 8.79. The number of sulfonamides is 1. The highest BCUT2D eigenvalue weighted by atomic mass is 127. The number of aliphatic imine (C=N–C) groups is 1. The Morgan fingerprint density at radius 3 is 2.20 bits per heavy atom. The fourth-order valence-electron chi connectivity index (χ4n) is 2.28. The molecule has 0 atom stereocenters. The Labute approximate surface area is 169 Å². The second-order valence-electron chi connectivity index (χ2n) is 5.77. The zero-order valence-electron chi connectivity index (χ0n) is 15.3. The molecule has 1 rings (SSSR count). The van der Waals surface area contributed by atoms with Gasteiger partial charge < -0.3 is 10.6 Å². The summed E-state index contributed by atoms with van der Waals surface area (Å²) < 4.78 is 22.5. The monoisotopic (exact) mass is 482 g/mol. The molecule has 0 aliphatic rings. The fraction of sp³-hybridized carbons (Fsp3) is 0.588. The number of primary sulfonamides is 1. The number of hydrogen-bond donors (Lipinski definition) is 3. The smallest absolute Gasteiger partial charge is 0.238 e. The van der Waals surface area contributed by atoms with Crippen LogP contribution in [0.3, 0.4) is 0 Å². The van der Waals surface area contributed by atoms with Gasteiger partial charge in [-0.05, 0) is 37.0 Å². The van der Waals surface area contributed by atoms with Crippen LogP contribution in [0, 0.1) is 5.92 Å². The maximum absolute atomic E-state index is 11.2. The van der Waals surface area contributed by atoms with Gasteiger partial charge in [0.05, 0.1) is 4.90 Å². The highest BCUT2D eigenvalue weighted by Gasteiger charge is 2.07. The molecule has 0 aliphatic carbocycles. The Morgan fingerprint density at radius 1 is 1.12 bits per heavy atom. The number of halogens is 1.